The highest BCUT2D eigenvalue weighted by molar-refractivity contribution is 5.73. The molecule has 0 spiro atoms. The van der Waals surface area contributed by atoms with Crippen LogP contribution in [0.4, 0.5) is 0 Å². The first-order chi connectivity index (χ1) is 26.1. The van der Waals surface area contributed by atoms with Crippen LogP contribution in [-0.2, 0) is 9.59 Å². The van der Waals surface area contributed by atoms with Crippen molar-refractivity contribution >= 4 is 12.2 Å². The Hall–Kier alpha value is -2.46. The van der Waals surface area contributed by atoms with Gasteiger partial charge in [-0.25, -0.2) is 0 Å². The molecular formula is C49H92N2O2. The van der Waals surface area contributed by atoms with Crippen molar-refractivity contribution in [2.24, 2.45) is 5.73 Å². The predicted octanol–water partition coefficient (Wildman–Crippen LogP) is 15.2. The van der Waals surface area contributed by atoms with E-state index in [1.807, 2.05) is 27.0 Å². The van der Waals surface area contributed by atoms with Crippen LogP contribution in [-0.4, -0.2) is 25.8 Å². The Morgan fingerprint density at radius 2 is 0.774 bits per heavy atom. The number of amides is 1. The Morgan fingerprint density at radius 1 is 0.453 bits per heavy atom. The van der Waals surface area contributed by atoms with Crippen molar-refractivity contribution in [3.63, 3.8) is 0 Å². The molecule has 0 bridgehead atoms. The fraction of sp³-hybridized carbons (Fsp3) is 0.714. The van der Waals surface area contributed by atoms with Crippen LogP contribution in [0.25, 0.3) is 0 Å². The Balaban J connectivity index is -0.000000367. The third-order valence-corrected chi connectivity index (χ3v) is 8.36. The van der Waals surface area contributed by atoms with Crippen LogP contribution in [0.1, 0.15) is 214 Å². The molecule has 0 aromatic heterocycles. The maximum Gasteiger partial charge on any atom is 0.217 e. The standard InChI is InChI=1S/C22H33NO.C18H36O.C7H17N.C2H6/c1-2-3-4-5-6-7-8-9-10-11-12-13-14-15-16-17-18-19-20-21-22(23)24;1-2-3-4-5-6-7-8-9-10-11-12-13-14-15-16-17-18-19;1-3-4-5-6-7-8-2;1-2/h3-4,6-7,9-10,12-13,15-16,18-19H,2,5,8,11,14,17,20-21H2,1H3,(H2,23,24);18H,2-17H2,1H3;8H,3-7H2,1-2H3;1-2H3/b4-3-,7-6-,10-9-,13-12-,16-15-,19-18-;;;. The maximum atomic E-state index is 10.5. The molecule has 0 aromatic rings. The van der Waals surface area contributed by atoms with E-state index >= 15 is 0 Å². The number of nitrogens with two attached hydrogens (primary N) is 1. The SMILES string of the molecule is CC.CC/C=C\C/C=C\C/C=C\C/C=C\C/C=C\C/C=C\CCC(N)=O.CCCCCCCCCCCCCCCCCC=O.CCCCCCNC. The van der Waals surface area contributed by atoms with Gasteiger partial charge in [0, 0.05) is 12.8 Å². The lowest BCUT2D eigenvalue weighted by atomic mass is 10.0. The Labute approximate surface area is 332 Å². The van der Waals surface area contributed by atoms with Crippen molar-refractivity contribution in [3.05, 3.63) is 72.9 Å². The Morgan fingerprint density at radius 3 is 1.09 bits per heavy atom. The minimum Gasteiger partial charge on any atom is -0.370 e. The van der Waals surface area contributed by atoms with E-state index in [1.165, 1.54) is 122 Å². The predicted molar refractivity (Wildman–Crippen MR) is 242 cm³/mol. The number of hydrogen-bond donors (Lipinski definition) is 2. The zero-order valence-corrected chi connectivity index (χ0v) is 36.4. The average molecular weight is 741 g/mol. The molecule has 0 fully saturated rings. The van der Waals surface area contributed by atoms with Gasteiger partial charge in [-0.2, -0.15) is 0 Å². The van der Waals surface area contributed by atoms with Crippen LogP contribution in [0.15, 0.2) is 72.9 Å². The van der Waals surface area contributed by atoms with E-state index < -0.39 is 0 Å². The number of primary amides is 1. The molecule has 0 saturated carbocycles. The van der Waals surface area contributed by atoms with E-state index in [-0.39, 0.29) is 5.91 Å². The fourth-order valence-corrected chi connectivity index (χ4v) is 5.19. The van der Waals surface area contributed by atoms with Crippen LogP contribution in [0, 0.1) is 0 Å². The van der Waals surface area contributed by atoms with Gasteiger partial charge in [0.25, 0.3) is 0 Å². The van der Waals surface area contributed by atoms with Gasteiger partial charge in [0.15, 0.2) is 0 Å². The molecule has 0 aliphatic rings. The molecule has 1 amide bonds. The summed E-state index contributed by atoms with van der Waals surface area (Å²) in [5.74, 6) is -0.241. The number of nitrogens with one attached hydrogen (secondary N) is 1. The van der Waals surface area contributed by atoms with Crippen molar-refractivity contribution in [2.45, 2.75) is 214 Å². The molecule has 310 valence electrons. The lowest BCUT2D eigenvalue weighted by Crippen LogP contribution is -2.08. The molecule has 53 heavy (non-hydrogen) atoms. The summed E-state index contributed by atoms with van der Waals surface area (Å²) in [6, 6.07) is 0. The molecular weight excluding hydrogens is 649 g/mol. The van der Waals surface area contributed by atoms with Crippen LogP contribution in [0.3, 0.4) is 0 Å². The normalized spacial score (nSPS) is 11.4. The lowest BCUT2D eigenvalue weighted by molar-refractivity contribution is -0.118. The lowest BCUT2D eigenvalue weighted by Gasteiger charge is -2.02. The number of hydrogen-bond acceptors (Lipinski definition) is 3. The summed E-state index contributed by atoms with van der Waals surface area (Å²) in [5, 5.41) is 3.13. The summed E-state index contributed by atoms with van der Waals surface area (Å²) < 4.78 is 0. The van der Waals surface area contributed by atoms with Crippen molar-refractivity contribution in [3.8, 4) is 0 Å². The molecule has 4 heteroatoms. The van der Waals surface area contributed by atoms with Crippen molar-refractivity contribution in [1.29, 1.82) is 0 Å². The topological polar surface area (TPSA) is 72.2 Å². The zero-order chi connectivity index (χ0) is 40.0. The number of unbranched alkanes of at least 4 members (excludes halogenated alkanes) is 18. The second-order valence-electron chi connectivity index (χ2n) is 13.5. The van der Waals surface area contributed by atoms with E-state index in [4.69, 9.17) is 5.73 Å². The smallest absolute Gasteiger partial charge is 0.217 e. The number of carbonyl (C=O) groups excluding carboxylic acids is 2. The second-order valence-corrected chi connectivity index (χ2v) is 13.5. The van der Waals surface area contributed by atoms with Gasteiger partial charge in [-0.15, -0.1) is 0 Å². The first kappa shape index (κ1) is 57.3. The van der Waals surface area contributed by atoms with Gasteiger partial charge in [0.1, 0.15) is 6.29 Å². The van der Waals surface area contributed by atoms with Gasteiger partial charge in [-0.1, -0.05) is 217 Å². The molecule has 0 aliphatic heterocycles. The molecule has 0 radical (unpaired) electrons. The zero-order valence-electron chi connectivity index (χ0n) is 36.4. The van der Waals surface area contributed by atoms with E-state index in [9.17, 15) is 9.59 Å². The first-order valence-electron chi connectivity index (χ1n) is 22.4. The number of carbonyl (C=O) groups is 2. The largest absolute Gasteiger partial charge is 0.370 e. The van der Waals surface area contributed by atoms with E-state index in [1.54, 1.807) is 0 Å². The van der Waals surface area contributed by atoms with Crippen LogP contribution < -0.4 is 11.1 Å². The Kier molecular flexibility index (Phi) is 66.5. The van der Waals surface area contributed by atoms with Gasteiger partial charge >= 0.3 is 0 Å². The molecule has 0 aromatic carbocycles. The number of rotatable bonds is 35. The van der Waals surface area contributed by atoms with Crippen molar-refractivity contribution in [1.82, 2.24) is 5.32 Å². The third kappa shape index (κ3) is 71.6. The van der Waals surface area contributed by atoms with Gasteiger partial charge in [0.05, 0.1) is 0 Å². The highest BCUT2D eigenvalue weighted by atomic mass is 16.1. The molecule has 3 N–H and O–H groups in total. The third-order valence-electron chi connectivity index (χ3n) is 8.36. The molecule has 0 unspecified atom stereocenters. The minimum atomic E-state index is -0.241. The maximum absolute atomic E-state index is 10.5. The highest BCUT2D eigenvalue weighted by Crippen LogP contribution is 2.13. The van der Waals surface area contributed by atoms with Gasteiger partial charge < -0.3 is 15.8 Å². The second kappa shape index (κ2) is 61.6. The first-order valence-corrected chi connectivity index (χ1v) is 22.4. The van der Waals surface area contributed by atoms with Crippen LogP contribution >= 0.6 is 0 Å². The average Bonchev–Trinajstić information content (AvgIpc) is 3.17. The summed E-state index contributed by atoms with van der Waals surface area (Å²) >= 11 is 0. The van der Waals surface area contributed by atoms with Crippen molar-refractivity contribution in [2.75, 3.05) is 13.6 Å². The van der Waals surface area contributed by atoms with Gasteiger partial charge in [-0.05, 0) is 71.4 Å². The molecule has 0 saturated heterocycles. The number of allylic oxidation sites excluding steroid dienone is 12. The van der Waals surface area contributed by atoms with Gasteiger partial charge in [-0.3, -0.25) is 4.79 Å². The monoisotopic (exact) mass is 741 g/mol. The van der Waals surface area contributed by atoms with E-state index in [0.29, 0.717) is 6.42 Å². The van der Waals surface area contributed by atoms with Crippen LogP contribution in [0.5, 0.6) is 0 Å². The van der Waals surface area contributed by atoms with Crippen LogP contribution in [0.2, 0.25) is 0 Å². The minimum absolute atomic E-state index is 0.241. The van der Waals surface area contributed by atoms with E-state index in [2.05, 4.69) is 92.9 Å². The molecule has 4 nitrogen and oxygen atoms in total. The van der Waals surface area contributed by atoms with Crippen molar-refractivity contribution < 1.29 is 9.59 Å². The molecule has 0 atom stereocenters. The summed E-state index contributed by atoms with van der Waals surface area (Å²) in [4.78, 5) is 20.7. The molecule has 0 aliphatic carbocycles. The van der Waals surface area contributed by atoms with Gasteiger partial charge in [0.2, 0.25) is 5.91 Å². The summed E-state index contributed by atoms with van der Waals surface area (Å²) in [5.41, 5.74) is 5.06. The molecule has 0 heterocycles. The number of aldehydes is 1. The molecule has 0 rings (SSSR count). The van der Waals surface area contributed by atoms with E-state index in [0.717, 1.165) is 64.1 Å². The quantitative estimate of drug-likeness (QED) is 0.0386. The summed E-state index contributed by atoms with van der Waals surface area (Å²) in [6.07, 6.45) is 61.2. The fourth-order valence-electron chi connectivity index (χ4n) is 5.19. The summed E-state index contributed by atoms with van der Waals surface area (Å²) in [6.45, 7) is 11.8. The highest BCUT2D eigenvalue weighted by Gasteiger charge is 1.94. The summed E-state index contributed by atoms with van der Waals surface area (Å²) in [7, 11) is 2.01. The Bertz CT molecular complexity index is 831.